The molecule has 0 amide bonds. The molecule has 1 unspecified atom stereocenters. The quantitative estimate of drug-likeness (QED) is 0.224. The number of aliphatic imine (C=N–C) groups is 1. The third kappa shape index (κ3) is 7.46. The van der Waals surface area contributed by atoms with Crippen LogP contribution in [0.4, 0.5) is 0 Å². The molecule has 0 saturated carbocycles. The number of halogens is 1. The standard InChI is InChI=1S/C21H32N6O2S.HI/c1-18-6-3-15-27(17-18)30(28,29)20-9-7-19(8-10-20)16-24-21(22-2)23-11-4-13-26-14-5-12-25-26;/h5,7-10,12,14,18H,3-4,6,11,13,15-17H2,1-2H3,(H2,22,23,24);1H. The third-order valence-corrected chi connectivity index (χ3v) is 7.16. The summed E-state index contributed by atoms with van der Waals surface area (Å²) in [4.78, 5) is 4.59. The Balaban J connectivity index is 0.00000341. The fourth-order valence-corrected chi connectivity index (χ4v) is 5.18. The van der Waals surface area contributed by atoms with Crippen molar-refractivity contribution in [3.63, 3.8) is 0 Å². The van der Waals surface area contributed by atoms with Gasteiger partial charge >= 0.3 is 0 Å². The number of hydrogen-bond acceptors (Lipinski definition) is 4. The molecule has 2 heterocycles. The number of guanidine groups is 1. The normalized spacial score (nSPS) is 17.7. The first kappa shape index (κ1) is 25.6. The van der Waals surface area contributed by atoms with Gasteiger partial charge in [-0.25, -0.2) is 8.42 Å². The van der Waals surface area contributed by atoms with Crippen molar-refractivity contribution in [2.45, 2.75) is 44.2 Å². The van der Waals surface area contributed by atoms with E-state index in [1.54, 1.807) is 29.7 Å². The lowest BCUT2D eigenvalue weighted by Crippen LogP contribution is -2.39. The fraction of sp³-hybridized carbons (Fsp3) is 0.524. The first-order chi connectivity index (χ1) is 14.5. The minimum atomic E-state index is -3.41. The van der Waals surface area contributed by atoms with E-state index in [0.29, 0.717) is 30.4 Å². The molecule has 1 aliphatic rings. The van der Waals surface area contributed by atoms with Crippen LogP contribution in [0.1, 0.15) is 31.7 Å². The minimum Gasteiger partial charge on any atom is -0.356 e. The Kier molecular flexibility index (Phi) is 10.2. The van der Waals surface area contributed by atoms with E-state index in [2.05, 4.69) is 27.6 Å². The number of nitrogens with one attached hydrogen (secondary N) is 2. The van der Waals surface area contributed by atoms with E-state index in [4.69, 9.17) is 0 Å². The number of aryl methyl sites for hydroxylation is 1. The summed E-state index contributed by atoms with van der Waals surface area (Å²) in [5, 5.41) is 10.7. The Morgan fingerprint density at radius 1 is 1.26 bits per heavy atom. The molecule has 1 atom stereocenters. The highest BCUT2D eigenvalue weighted by atomic mass is 127. The number of rotatable bonds is 8. The number of aromatic nitrogens is 2. The number of sulfonamides is 1. The second-order valence-corrected chi connectivity index (χ2v) is 9.67. The Labute approximate surface area is 202 Å². The van der Waals surface area contributed by atoms with Gasteiger partial charge in [-0.3, -0.25) is 9.67 Å². The van der Waals surface area contributed by atoms with E-state index in [9.17, 15) is 8.42 Å². The second-order valence-electron chi connectivity index (χ2n) is 7.73. The van der Waals surface area contributed by atoms with Crippen molar-refractivity contribution < 1.29 is 8.42 Å². The number of piperidine rings is 1. The Morgan fingerprint density at radius 3 is 2.68 bits per heavy atom. The Morgan fingerprint density at radius 2 is 2.03 bits per heavy atom. The summed E-state index contributed by atoms with van der Waals surface area (Å²) in [7, 11) is -1.68. The molecule has 172 valence electrons. The summed E-state index contributed by atoms with van der Waals surface area (Å²) in [6, 6.07) is 9.03. The van der Waals surface area contributed by atoms with E-state index >= 15 is 0 Å². The second kappa shape index (κ2) is 12.4. The molecule has 31 heavy (non-hydrogen) atoms. The number of benzene rings is 1. The maximum Gasteiger partial charge on any atom is 0.243 e. The minimum absolute atomic E-state index is 0. The van der Waals surface area contributed by atoms with Gasteiger partial charge < -0.3 is 10.6 Å². The van der Waals surface area contributed by atoms with E-state index in [1.165, 1.54) is 0 Å². The molecule has 2 aromatic rings. The summed E-state index contributed by atoms with van der Waals surface area (Å²) in [5.41, 5.74) is 1.00. The average Bonchev–Trinajstić information content (AvgIpc) is 3.27. The molecule has 10 heteroatoms. The van der Waals surface area contributed by atoms with Gasteiger partial charge in [-0.1, -0.05) is 19.1 Å². The van der Waals surface area contributed by atoms with E-state index < -0.39 is 10.0 Å². The summed E-state index contributed by atoms with van der Waals surface area (Å²) in [6.07, 6.45) is 6.68. The van der Waals surface area contributed by atoms with Gasteiger partial charge in [0, 0.05) is 52.2 Å². The molecule has 0 aliphatic carbocycles. The highest BCUT2D eigenvalue weighted by Crippen LogP contribution is 2.23. The highest BCUT2D eigenvalue weighted by Gasteiger charge is 2.28. The summed E-state index contributed by atoms with van der Waals surface area (Å²) in [5.74, 6) is 1.13. The lowest BCUT2D eigenvalue weighted by atomic mass is 10.0. The van der Waals surface area contributed by atoms with E-state index in [0.717, 1.165) is 43.9 Å². The van der Waals surface area contributed by atoms with Crippen LogP contribution in [0.2, 0.25) is 0 Å². The molecule has 8 nitrogen and oxygen atoms in total. The van der Waals surface area contributed by atoms with Crippen LogP contribution in [0, 0.1) is 5.92 Å². The topological polar surface area (TPSA) is 91.6 Å². The van der Waals surface area contributed by atoms with E-state index in [-0.39, 0.29) is 24.0 Å². The molecule has 1 saturated heterocycles. The van der Waals surface area contributed by atoms with Gasteiger partial charge in [0.05, 0.1) is 4.90 Å². The van der Waals surface area contributed by atoms with Crippen LogP contribution < -0.4 is 10.6 Å². The molecule has 1 fully saturated rings. The van der Waals surface area contributed by atoms with Gasteiger partial charge in [0.15, 0.2) is 5.96 Å². The van der Waals surface area contributed by atoms with Crippen LogP contribution in [-0.2, 0) is 23.1 Å². The molecule has 0 spiro atoms. The van der Waals surface area contributed by atoms with Crippen LogP contribution in [0.25, 0.3) is 0 Å². The Hall–Kier alpha value is -1.66. The van der Waals surface area contributed by atoms with Crippen molar-refractivity contribution in [2.75, 3.05) is 26.7 Å². The van der Waals surface area contributed by atoms with Crippen LogP contribution in [0.5, 0.6) is 0 Å². The predicted molar refractivity (Wildman–Crippen MR) is 134 cm³/mol. The molecule has 1 aromatic carbocycles. The Bertz CT molecular complexity index is 916. The molecular formula is C21H33IN6O2S. The fourth-order valence-electron chi connectivity index (χ4n) is 3.58. The van der Waals surface area contributed by atoms with Gasteiger partial charge in [0.1, 0.15) is 0 Å². The molecule has 0 bridgehead atoms. The summed E-state index contributed by atoms with van der Waals surface area (Å²) >= 11 is 0. The maximum absolute atomic E-state index is 12.9. The zero-order valence-electron chi connectivity index (χ0n) is 18.2. The van der Waals surface area contributed by atoms with Gasteiger partial charge in [0.2, 0.25) is 10.0 Å². The van der Waals surface area contributed by atoms with Crippen LogP contribution in [0.3, 0.4) is 0 Å². The van der Waals surface area contributed by atoms with Crippen LogP contribution >= 0.6 is 24.0 Å². The molecule has 2 N–H and O–H groups in total. The van der Waals surface area contributed by atoms with Crippen molar-refractivity contribution in [3.05, 3.63) is 48.3 Å². The van der Waals surface area contributed by atoms with Crippen molar-refractivity contribution in [1.82, 2.24) is 24.7 Å². The monoisotopic (exact) mass is 560 g/mol. The molecular weight excluding hydrogens is 527 g/mol. The van der Waals surface area contributed by atoms with Crippen LogP contribution in [-0.4, -0.2) is 55.1 Å². The van der Waals surface area contributed by atoms with Crippen molar-refractivity contribution >= 4 is 40.0 Å². The first-order valence-corrected chi connectivity index (χ1v) is 11.9. The predicted octanol–water partition coefficient (Wildman–Crippen LogP) is 2.68. The molecule has 1 aliphatic heterocycles. The number of nitrogens with zero attached hydrogens (tertiary/aromatic N) is 4. The zero-order chi connectivity index (χ0) is 21.4. The zero-order valence-corrected chi connectivity index (χ0v) is 21.3. The van der Waals surface area contributed by atoms with Crippen molar-refractivity contribution in [1.29, 1.82) is 0 Å². The first-order valence-electron chi connectivity index (χ1n) is 10.5. The van der Waals surface area contributed by atoms with Gasteiger partial charge in [-0.15, -0.1) is 24.0 Å². The lowest BCUT2D eigenvalue weighted by Gasteiger charge is -2.30. The maximum atomic E-state index is 12.9. The SMILES string of the molecule is CN=C(NCCCn1cccn1)NCc1ccc(S(=O)(=O)N2CCCC(C)C2)cc1.I. The number of hydrogen-bond donors (Lipinski definition) is 2. The summed E-state index contributed by atoms with van der Waals surface area (Å²) in [6.45, 7) is 5.52. The third-order valence-electron chi connectivity index (χ3n) is 5.28. The van der Waals surface area contributed by atoms with Crippen LogP contribution in [0.15, 0.2) is 52.6 Å². The highest BCUT2D eigenvalue weighted by molar-refractivity contribution is 14.0. The molecule has 1 aromatic heterocycles. The van der Waals surface area contributed by atoms with E-state index in [1.807, 2.05) is 29.1 Å². The molecule has 0 radical (unpaired) electrons. The molecule has 3 rings (SSSR count). The van der Waals surface area contributed by atoms with Crippen molar-refractivity contribution in [3.8, 4) is 0 Å². The average molecular weight is 561 g/mol. The van der Waals surface area contributed by atoms with Crippen molar-refractivity contribution in [2.24, 2.45) is 10.9 Å². The lowest BCUT2D eigenvalue weighted by molar-refractivity contribution is 0.281. The van der Waals surface area contributed by atoms with Gasteiger partial charge in [-0.05, 0) is 48.9 Å². The largest absolute Gasteiger partial charge is 0.356 e. The van der Waals surface area contributed by atoms with Gasteiger partial charge in [-0.2, -0.15) is 9.40 Å². The smallest absolute Gasteiger partial charge is 0.243 e. The van der Waals surface area contributed by atoms with Gasteiger partial charge in [0.25, 0.3) is 0 Å². The summed E-state index contributed by atoms with van der Waals surface area (Å²) < 4.78 is 29.2.